The number of hydrogen-bond donors (Lipinski definition) is 2. The van der Waals surface area contributed by atoms with E-state index in [1.807, 2.05) is 6.07 Å². The molecule has 1 aromatic carbocycles. The molecule has 0 fully saturated rings. The van der Waals surface area contributed by atoms with Gasteiger partial charge in [-0.05, 0) is 5.56 Å². The minimum absolute atomic E-state index is 0.0273. The molecule has 6 heteroatoms. The fraction of sp³-hybridized carbons (Fsp3) is 0.273. The first-order chi connectivity index (χ1) is 8.11. The molecule has 0 saturated carbocycles. The Morgan fingerprint density at radius 2 is 2.00 bits per heavy atom. The molecule has 0 saturated heterocycles. The van der Waals surface area contributed by atoms with Gasteiger partial charge in [0.2, 0.25) is 5.91 Å². The van der Waals surface area contributed by atoms with E-state index in [0.29, 0.717) is 5.56 Å². The Hall–Kier alpha value is -1.75. The van der Waals surface area contributed by atoms with E-state index in [2.05, 4.69) is 10.1 Å². The zero-order chi connectivity index (χ0) is 12.7. The van der Waals surface area contributed by atoms with Crippen molar-refractivity contribution in [3.63, 3.8) is 0 Å². The van der Waals surface area contributed by atoms with E-state index in [-0.39, 0.29) is 19.1 Å². The van der Waals surface area contributed by atoms with E-state index in [9.17, 15) is 9.59 Å². The number of halogens is 1. The Morgan fingerprint density at radius 1 is 1.35 bits per heavy atom. The highest BCUT2D eigenvalue weighted by molar-refractivity contribution is 6.30. The molecule has 1 rings (SSSR count). The Bertz CT molecular complexity index is 384. The SMILES string of the molecule is NC(=O)OCCNC(=O)C(Cl)c1ccccc1. The molecule has 0 bridgehead atoms. The van der Waals surface area contributed by atoms with Gasteiger partial charge in [-0.2, -0.15) is 0 Å². The average molecular weight is 257 g/mol. The van der Waals surface area contributed by atoms with Crippen LogP contribution in [0.15, 0.2) is 30.3 Å². The van der Waals surface area contributed by atoms with Gasteiger partial charge in [0, 0.05) is 0 Å². The molecule has 0 aliphatic heterocycles. The van der Waals surface area contributed by atoms with Crippen molar-refractivity contribution in [3.05, 3.63) is 35.9 Å². The van der Waals surface area contributed by atoms with Crippen LogP contribution in [0.4, 0.5) is 4.79 Å². The number of hydrogen-bond acceptors (Lipinski definition) is 3. The van der Waals surface area contributed by atoms with Crippen molar-refractivity contribution in [1.29, 1.82) is 0 Å². The molecule has 1 aromatic rings. The number of carbonyl (C=O) groups excluding carboxylic acids is 2. The van der Waals surface area contributed by atoms with Crippen LogP contribution >= 0.6 is 11.6 Å². The van der Waals surface area contributed by atoms with E-state index in [1.165, 1.54) is 0 Å². The lowest BCUT2D eigenvalue weighted by Crippen LogP contribution is -2.31. The third-order valence-electron chi connectivity index (χ3n) is 1.97. The highest BCUT2D eigenvalue weighted by atomic mass is 35.5. The van der Waals surface area contributed by atoms with E-state index in [1.54, 1.807) is 24.3 Å². The van der Waals surface area contributed by atoms with Gasteiger partial charge in [0.15, 0.2) is 0 Å². The Labute approximate surface area is 104 Å². The fourth-order valence-electron chi connectivity index (χ4n) is 1.19. The van der Waals surface area contributed by atoms with Crippen molar-refractivity contribution in [2.75, 3.05) is 13.2 Å². The summed E-state index contributed by atoms with van der Waals surface area (Å²) in [6.07, 6.45) is -0.871. The quantitative estimate of drug-likeness (QED) is 0.613. The van der Waals surface area contributed by atoms with Gasteiger partial charge in [-0.25, -0.2) is 4.79 Å². The molecule has 3 N–H and O–H groups in total. The molecular weight excluding hydrogens is 244 g/mol. The predicted octanol–water partition coefficient (Wildman–Crippen LogP) is 1.18. The number of nitrogens with one attached hydrogen (secondary N) is 1. The van der Waals surface area contributed by atoms with Crippen LogP contribution in [-0.2, 0) is 9.53 Å². The van der Waals surface area contributed by atoms with Gasteiger partial charge in [-0.15, -0.1) is 11.6 Å². The number of carbonyl (C=O) groups is 2. The molecule has 0 spiro atoms. The third kappa shape index (κ3) is 4.74. The lowest BCUT2D eigenvalue weighted by molar-refractivity contribution is -0.121. The Balaban J connectivity index is 2.35. The second-order valence-electron chi connectivity index (χ2n) is 3.23. The maximum Gasteiger partial charge on any atom is 0.404 e. The highest BCUT2D eigenvalue weighted by Gasteiger charge is 2.16. The summed E-state index contributed by atoms with van der Waals surface area (Å²) in [5.41, 5.74) is 5.47. The van der Waals surface area contributed by atoms with Crippen LogP contribution < -0.4 is 11.1 Å². The largest absolute Gasteiger partial charge is 0.448 e. The number of primary amides is 1. The minimum atomic E-state index is -0.871. The molecule has 17 heavy (non-hydrogen) atoms. The maximum absolute atomic E-state index is 11.6. The van der Waals surface area contributed by atoms with E-state index < -0.39 is 11.5 Å². The Morgan fingerprint density at radius 3 is 2.59 bits per heavy atom. The zero-order valence-corrected chi connectivity index (χ0v) is 9.81. The van der Waals surface area contributed by atoms with Gasteiger partial charge in [-0.3, -0.25) is 4.79 Å². The first-order valence-corrected chi connectivity index (χ1v) is 5.44. The van der Waals surface area contributed by atoms with Crippen molar-refractivity contribution < 1.29 is 14.3 Å². The summed E-state index contributed by atoms with van der Waals surface area (Å²) in [6, 6.07) is 8.96. The average Bonchev–Trinajstić information content (AvgIpc) is 2.34. The van der Waals surface area contributed by atoms with Crippen LogP contribution in [0.5, 0.6) is 0 Å². The van der Waals surface area contributed by atoms with Crippen molar-refractivity contribution in [2.24, 2.45) is 5.73 Å². The number of benzene rings is 1. The van der Waals surface area contributed by atoms with Gasteiger partial charge < -0.3 is 15.8 Å². The summed E-state index contributed by atoms with van der Waals surface area (Å²) in [6.45, 7) is 0.206. The normalized spacial score (nSPS) is 11.6. The van der Waals surface area contributed by atoms with E-state index in [0.717, 1.165) is 0 Å². The molecule has 0 radical (unpaired) electrons. The lowest BCUT2D eigenvalue weighted by Gasteiger charge is -2.10. The van der Waals surface area contributed by atoms with Crippen LogP contribution in [0, 0.1) is 0 Å². The number of nitrogens with two attached hydrogens (primary N) is 1. The number of rotatable bonds is 5. The van der Waals surface area contributed by atoms with Crippen molar-refractivity contribution in [1.82, 2.24) is 5.32 Å². The minimum Gasteiger partial charge on any atom is -0.448 e. The van der Waals surface area contributed by atoms with Crippen molar-refractivity contribution >= 4 is 23.6 Å². The third-order valence-corrected chi connectivity index (χ3v) is 2.42. The standard InChI is InChI=1S/C11H13ClN2O3/c12-9(8-4-2-1-3-5-8)10(15)14-6-7-17-11(13)16/h1-5,9H,6-7H2,(H2,13,16)(H,14,15). The Kier molecular flexibility index (Phi) is 5.29. The van der Waals surface area contributed by atoms with Crippen LogP contribution in [0.1, 0.15) is 10.9 Å². The maximum atomic E-state index is 11.6. The molecule has 0 aliphatic rings. The van der Waals surface area contributed by atoms with Crippen molar-refractivity contribution in [3.8, 4) is 0 Å². The number of amides is 2. The molecule has 1 atom stereocenters. The van der Waals surface area contributed by atoms with Crippen molar-refractivity contribution in [2.45, 2.75) is 5.38 Å². The molecule has 0 aliphatic carbocycles. The molecule has 0 aromatic heterocycles. The second-order valence-corrected chi connectivity index (χ2v) is 3.67. The number of ether oxygens (including phenoxy) is 1. The summed E-state index contributed by atoms with van der Waals surface area (Å²) in [5, 5.41) is 1.77. The highest BCUT2D eigenvalue weighted by Crippen LogP contribution is 2.19. The topological polar surface area (TPSA) is 81.4 Å². The van der Waals surface area contributed by atoms with Gasteiger partial charge in [-0.1, -0.05) is 30.3 Å². The monoisotopic (exact) mass is 256 g/mol. The molecule has 5 nitrogen and oxygen atoms in total. The van der Waals surface area contributed by atoms with Gasteiger partial charge in [0.05, 0.1) is 6.54 Å². The van der Waals surface area contributed by atoms with E-state index in [4.69, 9.17) is 17.3 Å². The first kappa shape index (κ1) is 13.3. The molecule has 92 valence electrons. The van der Waals surface area contributed by atoms with Gasteiger partial charge in [0.25, 0.3) is 0 Å². The van der Waals surface area contributed by atoms with Crippen LogP contribution in [0.3, 0.4) is 0 Å². The van der Waals surface area contributed by atoms with Gasteiger partial charge in [0.1, 0.15) is 12.0 Å². The van der Waals surface area contributed by atoms with E-state index >= 15 is 0 Å². The molecule has 0 heterocycles. The molecular formula is C11H13ClN2O3. The van der Waals surface area contributed by atoms with Crippen LogP contribution in [0.2, 0.25) is 0 Å². The second kappa shape index (κ2) is 6.75. The summed E-state index contributed by atoms with van der Waals surface area (Å²) >= 11 is 5.95. The summed E-state index contributed by atoms with van der Waals surface area (Å²) < 4.78 is 4.46. The summed E-state index contributed by atoms with van der Waals surface area (Å²) in [5.74, 6) is -0.342. The molecule has 1 unspecified atom stereocenters. The molecule has 2 amide bonds. The predicted molar refractivity (Wildman–Crippen MR) is 63.6 cm³/mol. The van der Waals surface area contributed by atoms with Crippen LogP contribution in [0.25, 0.3) is 0 Å². The smallest absolute Gasteiger partial charge is 0.404 e. The van der Waals surface area contributed by atoms with Crippen LogP contribution in [-0.4, -0.2) is 25.2 Å². The number of alkyl halides is 1. The first-order valence-electron chi connectivity index (χ1n) is 5.00. The van der Waals surface area contributed by atoms with Gasteiger partial charge >= 0.3 is 6.09 Å². The lowest BCUT2D eigenvalue weighted by atomic mass is 10.1. The summed E-state index contributed by atoms with van der Waals surface area (Å²) in [7, 11) is 0. The zero-order valence-electron chi connectivity index (χ0n) is 9.06. The fourth-order valence-corrected chi connectivity index (χ4v) is 1.41. The summed E-state index contributed by atoms with van der Waals surface area (Å²) in [4.78, 5) is 21.8.